The molecule has 0 saturated carbocycles. The van der Waals surface area contributed by atoms with Crippen LogP contribution < -0.4 is 4.90 Å². The maximum Gasteiger partial charge on any atom is 0.101 e. The topological polar surface area (TPSA) is 52.8 Å². The molecule has 0 amide bonds. The first-order valence-electron chi connectivity index (χ1n) is 5.16. The van der Waals surface area contributed by atoms with Gasteiger partial charge in [0.2, 0.25) is 0 Å². The normalized spacial score (nSPS) is 9.94. The number of nitriles is 1. The molecule has 17 heavy (non-hydrogen) atoms. The van der Waals surface area contributed by atoms with E-state index in [1.807, 2.05) is 24.4 Å². The summed E-state index contributed by atoms with van der Waals surface area (Å²) in [7, 11) is 1.96. The molecule has 0 aromatic carbocycles. The molecule has 2 heterocycles. The van der Waals surface area contributed by atoms with Crippen molar-refractivity contribution in [1.82, 2.24) is 9.97 Å². The van der Waals surface area contributed by atoms with E-state index in [4.69, 9.17) is 5.26 Å². The first-order chi connectivity index (χ1) is 8.22. The number of anilines is 1. The molecule has 0 radical (unpaired) electrons. The Morgan fingerprint density at radius 1 is 1.53 bits per heavy atom. The number of nitrogens with zero attached hydrogens (tertiary/aromatic N) is 4. The molecule has 0 spiro atoms. The third-order valence-electron chi connectivity index (χ3n) is 2.56. The van der Waals surface area contributed by atoms with Gasteiger partial charge in [-0.05, 0) is 13.0 Å². The lowest BCUT2D eigenvalue weighted by atomic mass is 10.2. The van der Waals surface area contributed by atoms with Crippen LogP contribution in [0.1, 0.15) is 16.1 Å². The van der Waals surface area contributed by atoms with Gasteiger partial charge in [0.05, 0.1) is 35.2 Å². The van der Waals surface area contributed by atoms with E-state index in [2.05, 4.69) is 16.0 Å². The summed E-state index contributed by atoms with van der Waals surface area (Å²) < 4.78 is 0. The number of rotatable bonds is 3. The van der Waals surface area contributed by atoms with Gasteiger partial charge >= 0.3 is 0 Å². The van der Waals surface area contributed by atoms with Crippen molar-refractivity contribution in [3.8, 4) is 6.07 Å². The fourth-order valence-corrected chi connectivity index (χ4v) is 2.39. The van der Waals surface area contributed by atoms with Crippen molar-refractivity contribution in [3.63, 3.8) is 0 Å². The molecule has 0 atom stereocenters. The lowest BCUT2D eigenvalue weighted by Crippen LogP contribution is -2.17. The summed E-state index contributed by atoms with van der Waals surface area (Å²) in [5.41, 5.74) is 4.38. The van der Waals surface area contributed by atoms with Gasteiger partial charge in [0.25, 0.3) is 0 Å². The molecule has 0 saturated heterocycles. The zero-order chi connectivity index (χ0) is 12.3. The van der Waals surface area contributed by atoms with Crippen molar-refractivity contribution in [3.05, 3.63) is 40.1 Å². The van der Waals surface area contributed by atoms with E-state index in [0.717, 1.165) is 17.9 Å². The molecule has 0 bridgehead atoms. The quantitative estimate of drug-likeness (QED) is 0.831. The van der Waals surface area contributed by atoms with Crippen molar-refractivity contribution in [1.29, 1.82) is 5.26 Å². The van der Waals surface area contributed by atoms with Crippen LogP contribution in [0, 0.1) is 18.3 Å². The van der Waals surface area contributed by atoms with E-state index in [0.29, 0.717) is 5.56 Å². The highest BCUT2D eigenvalue weighted by atomic mass is 32.1. The highest BCUT2D eigenvalue weighted by Gasteiger charge is 2.10. The van der Waals surface area contributed by atoms with Gasteiger partial charge in [-0.15, -0.1) is 11.3 Å². The van der Waals surface area contributed by atoms with Crippen molar-refractivity contribution in [2.75, 3.05) is 11.9 Å². The largest absolute Gasteiger partial charge is 0.367 e. The predicted octanol–water partition coefficient (Wildman–Crippen LogP) is 2.35. The number of aryl methyl sites for hydroxylation is 1. The maximum absolute atomic E-state index is 9.03. The summed E-state index contributed by atoms with van der Waals surface area (Å²) in [5, 5.41) is 9.03. The van der Waals surface area contributed by atoms with Crippen LogP contribution in [0.5, 0.6) is 0 Å². The molecule has 2 aromatic rings. The van der Waals surface area contributed by atoms with Gasteiger partial charge in [-0.1, -0.05) is 0 Å². The van der Waals surface area contributed by atoms with Gasteiger partial charge in [0.15, 0.2) is 0 Å². The van der Waals surface area contributed by atoms with Gasteiger partial charge < -0.3 is 4.90 Å². The minimum absolute atomic E-state index is 0.643. The summed E-state index contributed by atoms with van der Waals surface area (Å²) in [4.78, 5) is 11.5. The van der Waals surface area contributed by atoms with E-state index >= 15 is 0 Å². The Balaban J connectivity index is 2.24. The average Bonchev–Trinajstić information content (AvgIpc) is 2.75. The summed E-state index contributed by atoms with van der Waals surface area (Å²) in [6.07, 6.45) is 3.35. The van der Waals surface area contributed by atoms with Gasteiger partial charge in [0.1, 0.15) is 6.07 Å². The van der Waals surface area contributed by atoms with Gasteiger partial charge in [-0.2, -0.15) is 5.26 Å². The van der Waals surface area contributed by atoms with Crippen LogP contribution in [0.4, 0.5) is 5.69 Å². The number of hydrogen-bond acceptors (Lipinski definition) is 5. The van der Waals surface area contributed by atoms with Gasteiger partial charge in [-0.3, -0.25) is 4.98 Å². The van der Waals surface area contributed by atoms with Crippen LogP contribution in [-0.4, -0.2) is 17.0 Å². The molecule has 0 fully saturated rings. The van der Waals surface area contributed by atoms with Crippen LogP contribution in [0.15, 0.2) is 24.0 Å². The maximum atomic E-state index is 9.03. The molecule has 0 aliphatic rings. The number of thiazole rings is 1. The van der Waals surface area contributed by atoms with E-state index < -0.39 is 0 Å². The molecular formula is C12H12N4S. The first-order valence-corrected chi connectivity index (χ1v) is 6.04. The smallest absolute Gasteiger partial charge is 0.101 e. The molecule has 0 aliphatic heterocycles. The monoisotopic (exact) mass is 244 g/mol. The van der Waals surface area contributed by atoms with E-state index in [-0.39, 0.29) is 0 Å². The molecule has 2 rings (SSSR count). The van der Waals surface area contributed by atoms with Gasteiger partial charge in [-0.25, -0.2) is 4.98 Å². The lowest BCUT2D eigenvalue weighted by molar-refractivity contribution is 0.918. The highest BCUT2D eigenvalue weighted by Crippen LogP contribution is 2.21. The SMILES string of the molecule is Cc1ncsc1CN(C)c1cnccc1C#N. The van der Waals surface area contributed by atoms with Gasteiger partial charge in [0, 0.05) is 18.1 Å². The third-order valence-corrected chi connectivity index (χ3v) is 3.48. The molecule has 5 heteroatoms. The number of pyridine rings is 1. The zero-order valence-electron chi connectivity index (χ0n) is 9.71. The Kier molecular flexibility index (Phi) is 3.35. The second kappa shape index (κ2) is 4.93. The average molecular weight is 244 g/mol. The Morgan fingerprint density at radius 2 is 2.35 bits per heavy atom. The number of hydrogen-bond donors (Lipinski definition) is 0. The molecular weight excluding hydrogens is 232 g/mol. The Bertz CT molecular complexity index is 556. The highest BCUT2D eigenvalue weighted by molar-refractivity contribution is 7.09. The van der Waals surface area contributed by atoms with Crippen molar-refractivity contribution in [2.24, 2.45) is 0 Å². The van der Waals surface area contributed by atoms with E-state index in [9.17, 15) is 0 Å². The molecule has 4 nitrogen and oxygen atoms in total. The van der Waals surface area contributed by atoms with Crippen molar-refractivity contribution >= 4 is 17.0 Å². The minimum Gasteiger partial charge on any atom is -0.367 e. The fraction of sp³-hybridized carbons (Fsp3) is 0.250. The Hall–Kier alpha value is -1.93. The first kappa shape index (κ1) is 11.6. The standard InChI is InChI=1S/C12H12N4S/c1-9-12(17-8-15-9)7-16(2)11-6-14-4-3-10(11)5-13/h3-4,6,8H,7H2,1-2H3. The molecule has 86 valence electrons. The van der Waals surface area contributed by atoms with Crippen LogP contribution >= 0.6 is 11.3 Å². The third kappa shape index (κ3) is 2.43. The molecule has 0 N–H and O–H groups in total. The van der Waals surface area contributed by atoms with E-state index in [1.54, 1.807) is 29.8 Å². The summed E-state index contributed by atoms with van der Waals surface area (Å²) in [5.74, 6) is 0. The van der Waals surface area contributed by atoms with E-state index in [1.165, 1.54) is 4.88 Å². The van der Waals surface area contributed by atoms with Crippen LogP contribution in [0.2, 0.25) is 0 Å². The fourth-order valence-electron chi connectivity index (χ4n) is 1.56. The summed E-state index contributed by atoms with van der Waals surface area (Å²) in [6.45, 7) is 2.74. The number of aromatic nitrogens is 2. The molecule has 2 aromatic heterocycles. The zero-order valence-corrected chi connectivity index (χ0v) is 10.5. The molecule has 0 aliphatic carbocycles. The van der Waals surface area contributed by atoms with Crippen molar-refractivity contribution < 1.29 is 0 Å². The predicted molar refractivity (Wildman–Crippen MR) is 67.9 cm³/mol. The molecule has 0 unspecified atom stereocenters. The lowest BCUT2D eigenvalue weighted by Gasteiger charge is -2.19. The summed E-state index contributed by atoms with van der Waals surface area (Å²) >= 11 is 1.63. The summed E-state index contributed by atoms with van der Waals surface area (Å²) in [6, 6.07) is 3.90. The van der Waals surface area contributed by atoms with Crippen LogP contribution in [-0.2, 0) is 6.54 Å². The van der Waals surface area contributed by atoms with Crippen LogP contribution in [0.3, 0.4) is 0 Å². The van der Waals surface area contributed by atoms with Crippen LogP contribution in [0.25, 0.3) is 0 Å². The second-order valence-electron chi connectivity index (χ2n) is 3.72. The Labute approximate surface area is 104 Å². The minimum atomic E-state index is 0.643. The Morgan fingerprint density at radius 3 is 3.00 bits per heavy atom. The van der Waals surface area contributed by atoms with Crippen molar-refractivity contribution in [2.45, 2.75) is 13.5 Å². The second-order valence-corrected chi connectivity index (χ2v) is 4.66.